The predicted molar refractivity (Wildman–Crippen MR) is 98.3 cm³/mol. The molecule has 4 heteroatoms. The number of hydrogen-bond acceptors (Lipinski definition) is 2. The second-order valence-corrected chi connectivity index (χ2v) is 7.44. The maximum Gasteiger partial charge on any atom is 0.114 e. The minimum absolute atomic E-state index is 0.0244. The molecule has 0 aliphatic heterocycles. The van der Waals surface area contributed by atoms with E-state index in [1.54, 1.807) is 0 Å². The molecular weight excluding hydrogens is 296 g/mol. The molecule has 122 valence electrons. The lowest BCUT2D eigenvalue weighted by Gasteiger charge is -2.13. The minimum atomic E-state index is 0.0244. The number of aromatic amines is 1. The van der Waals surface area contributed by atoms with E-state index in [1.807, 2.05) is 6.07 Å². The number of benzene rings is 2. The van der Waals surface area contributed by atoms with E-state index in [2.05, 4.69) is 73.8 Å². The van der Waals surface area contributed by atoms with Gasteiger partial charge < -0.3 is 9.55 Å². The van der Waals surface area contributed by atoms with Crippen molar-refractivity contribution in [3.05, 3.63) is 59.7 Å². The van der Waals surface area contributed by atoms with Gasteiger partial charge in [0.15, 0.2) is 0 Å². The zero-order valence-electron chi connectivity index (χ0n) is 14.6. The molecule has 0 atom stereocenters. The molecular formula is C20H22N4. The smallest absolute Gasteiger partial charge is 0.114 e. The molecule has 0 saturated heterocycles. The number of hydrogen-bond donors (Lipinski definition) is 1. The molecule has 4 nitrogen and oxygen atoms in total. The lowest BCUT2D eigenvalue weighted by Crippen LogP contribution is -2.12. The van der Waals surface area contributed by atoms with Crippen LogP contribution in [0, 0.1) is 0 Å². The zero-order valence-corrected chi connectivity index (χ0v) is 14.6. The third-order valence-corrected chi connectivity index (χ3v) is 4.50. The van der Waals surface area contributed by atoms with Crippen molar-refractivity contribution in [1.82, 2.24) is 19.5 Å². The lowest BCUT2D eigenvalue weighted by atomic mass is 9.96. The summed E-state index contributed by atoms with van der Waals surface area (Å²) in [6.07, 6.45) is 0.811. The second-order valence-electron chi connectivity index (χ2n) is 7.44. The Labute approximate surface area is 141 Å². The van der Waals surface area contributed by atoms with E-state index < -0.39 is 0 Å². The molecule has 0 aliphatic rings. The summed E-state index contributed by atoms with van der Waals surface area (Å²) in [5, 5.41) is 0. The molecule has 0 aliphatic carbocycles. The summed E-state index contributed by atoms with van der Waals surface area (Å²) in [7, 11) is 2.08. The average Bonchev–Trinajstić information content (AvgIpc) is 3.09. The lowest BCUT2D eigenvalue weighted by molar-refractivity contribution is 0.554. The van der Waals surface area contributed by atoms with Gasteiger partial charge in [-0.05, 0) is 29.8 Å². The largest absolute Gasteiger partial charge is 0.342 e. The normalized spacial score (nSPS) is 12.3. The van der Waals surface area contributed by atoms with Crippen molar-refractivity contribution in [3.63, 3.8) is 0 Å². The molecule has 0 amide bonds. The Morgan fingerprint density at radius 2 is 1.79 bits per heavy atom. The molecule has 4 aromatic rings. The van der Waals surface area contributed by atoms with Gasteiger partial charge in [-0.3, -0.25) is 0 Å². The van der Waals surface area contributed by atoms with E-state index in [1.165, 1.54) is 11.1 Å². The Morgan fingerprint density at radius 3 is 2.54 bits per heavy atom. The van der Waals surface area contributed by atoms with Gasteiger partial charge >= 0.3 is 0 Å². The molecule has 0 fully saturated rings. The zero-order chi connectivity index (χ0) is 16.9. The van der Waals surface area contributed by atoms with E-state index in [9.17, 15) is 0 Å². The highest BCUT2D eigenvalue weighted by atomic mass is 15.1. The summed E-state index contributed by atoms with van der Waals surface area (Å²) in [5.74, 6) is 2.10. The van der Waals surface area contributed by atoms with Crippen LogP contribution in [0.3, 0.4) is 0 Å². The Hall–Kier alpha value is -2.62. The molecule has 2 aromatic carbocycles. The number of aromatic nitrogens is 4. The van der Waals surface area contributed by atoms with Crippen molar-refractivity contribution in [2.75, 3.05) is 0 Å². The Bertz CT molecular complexity index is 1030. The number of nitrogens with zero attached hydrogens (tertiary/aromatic N) is 3. The fourth-order valence-electron chi connectivity index (χ4n) is 3.06. The van der Waals surface area contributed by atoms with Crippen molar-refractivity contribution < 1.29 is 0 Å². The number of para-hydroxylation sites is 2. The molecule has 24 heavy (non-hydrogen) atoms. The molecule has 0 radical (unpaired) electrons. The van der Waals surface area contributed by atoms with Gasteiger partial charge in [0, 0.05) is 18.9 Å². The maximum atomic E-state index is 4.77. The Kier molecular flexibility index (Phi) is 3.23. The number of aryl methyl sites for hydroxylation is 1. The first kappa shape index (κ1) is 14.9. The van der Waals surface area contributed by atoms with Crippen molar-refractivity contribution in [2.45, 2.75) is 32.6 Å². The summed E-state index contributed by atoms with van der Waals surface area (Å²) >= 11 is 0. The fourth-order valence-corrected chi connectivity index (χ4v) is 3.06. The van der Waals surface area contributed by atoms with Crippen LogP contribution in [0.1, 0.15) is 38.0 Å². The SMILES string of the molecule is Cn1c(Cc2ccc3nc(C(C)(C)C)[nH]c3c2)nc2ccccc21. The van der Waals surface area contributed by atoms with Crippen molar-refractivity contribution in [2.24, 2.45) is 7.05 Å². The summed E-state index contributed by atoms with van der Waals surface area (Å²) in [4.78, 5) is 12.9. The monoisotopic (exact) mass is 318 g/mol. The molecule has 0 spiro atoms. The van der Waals surface area contributed by atoms with Gasteiger partial charge in [-0.1, -0.05) is 39.0 Å². The van der Waals surface area contributed by atoms with Gasteiger partial charge in [0.2, 0.25) is 0 Å². The topological polar surface area (TPSA) is 46.5 Å². The summed E-state index contributed by atoms with van der Waals surface area (Å²) in [5.41, 5.74) is 5.60. The highest BCUT2D eigenvalue weighted by Gasteiger charge is 2.18. The molecule has 2 aromatic heterocycles. The average molecular weight is 318 g/mol. The highest BCUT2D eigenvalue weighted by Crippen LogP contribution is 2.24. The summed E-state index contributed by atoms with van der Waals surface area (Å²) < 4.78 is 2.17. The van der Waals surface area contributed by atoms with Gasteiger partial charge in [0.05, 0.1) is 22.1 Å². The number of nitrogens with one attached hydrogen (secondary N) is 1. The van der Waals surface area contributed by atoms with E-state index in [4.69, 9.17) is 9.97 Å². The van der Waals surface area contributed by atoms with Gasteiger partial charge in [0.1, 0.15) is 11.6 Å². The second kappa shape index (κ2) is 5.20. The van der Waals surface area contributed by atoms with Crippen molar-refractivity contribution in [1.29, 1.82) is 0 Å². The number of imidazole rings is 2. The van der Waals surface area contributed by atoms with Gasteiger partial charge in [0.25, 0.3) is 0 Å². The Balaban J connectivity index is 1.72. The van der Waals surface area contributed by atoms with Crippen LogP contribution in [0.2, 0.25) is 0 Å². The standard InChI is InChI=1S/C20H22N4/c1-20(2,3)19-22-14-10-9-13(11-16(14)23-19)12-18-21-15-7-5-6-8-17(15)24(18)4/h5-11H,12H2,1-4H3,(H,22,23). The van der Waals surface area contributed by atoms with E-state index >= 15 is 0 Å². The van der Waals surface area contributed by atoms with Gasteiger partial charge in [-0.25, -0.2) is 9.97 Å². The van der Waals surface area contributed by atoms with Crippen LogP contribution in [-0.2, 0) is 18.9 Å². The molecule has 1 N–H and O–H groups in total. The number of H-pyrrole nitrogens is 1. The van der Waals surface area contributed by atoms with Crippen LogP contribution in [-0.4, -0.2) is 19.5 Å². The van der Waals surface area contributed by atoms with Crippen LogP contribution in [0.25, 0.3) is 22.1 Å². The third-order valence-electron chi connectivity index (χ3n) is 4.50. The van der Waals surface area contributed by atoms with E-state index in [0.717, 1.165) is 34.6 Å². The van der Waals surface area contributed by atoms with Crippen molar-refractivity contribution in [3.8, 4) is 0 Å². The van der Waals surface area contributed by atoms with Crippen LogP contribution < -0.4 is 0 Å². The van der Waals surface area contributed by atoms with Crippen LogP contribution in [0.5, 0.6) is 0 Å². The van der Waals surface area contributed by atoms with Crippen LogP contribution >= 0.6 is 0 Å². The predicted octanol–water partition coefficient (Wildman–Crippen LogP) is 4.34. The number of rotatable bonds is 2. The molecule has 0 bridgehead atoms. The summed E-state index contributed by atoms with van der Waals surface area (Å²) in [6, 6.07) is 14.7. The highest BCUT2D eigenvalue weighted by molar-refractivity contribution is 5.77. The first-order valence-electron chi connectivity index (χ1n) is 8.31. The van der Waals surface area contributed by atoms with Crippen LogP contribution in [0.15, 0.2) is 42.5 Å². The molecule has 4 rings (SSSR count). The van der Waals surface area contributed by atoms with E-state index in [0.29, 0.717) is 0 Å². The van der Waals surface area contributed by atoms with Crippen LogP contribution in [0.4, 0.5) is 0 Å². The summed E-state index contributed by atoms with van der Waals surface area (Å²) in [6.45, 7) is 6.52. The molecule has 2 heterocycles. The minimum Gasteiger partial charge on any atom is -0.342 e. The number of fused-ring (bicyclic) bond motifs is 2. The maximum absolute atomic E-state index is 4.77. The molecule has 0 saturated carbocycles. The fraction of sp³-hybridized carbons (Fsp3) is 0.300. The first-order chi connectivity index (χ1) is 11.4. The van der Waals surface area contributed by atoms with E-state index in [-0.39, 0.29) is 5.41 Å². The van der Waals surface area contributed by atoms with Gasteiger partial charge in [-0.2, -0.15) is 0 Å². The van der Waals surface area contributed by atoms with Gasteiger partial charge in [-0.15, -0.1) is 0 Å². The first-order valence-corrected chi connectivity index (χ1v) is 8.31. The molecule has 0 unspecified atom stereocenters. The Morgan fingerprint density at radius 1 is 1.00 bits per heavy atom. The quantitative estimate of drug-likeness (QED) is 0.597. The third kappa shape index (κ3) is 2.48. The van der Waals surface area contributed by atoms with Crippen molar-refractivity contribution >= 4 is 22.1 Å².